The summed E-state index contributed by atoms with van der Waals surface area (Å²) in [5, 5.41) is 5.45. The predicted molar refractivity (Wildman–Crippen MR) is 109 cm³/mol. The third kappa shape index (κ3) is 3.80. The number of rotatable bonds is 5. The largest absolute Gasteiger partial charge is 0.461 e. The van der Waals surface area contributed by atoms with Gasteiger partial charge >= 0.3 is 5.97 Å². The van der Waals surface area contributed by atoms with E-state index < -0.39 is 17.6 Å². The first-order chi connectivity index (χ1) is 14.4. The van der Waals surface area contributed by atoms with Crippen molar-refractivity contribution in [2.24, 2.45) is 0 Å². The van der Waals surface area contributed by atoms with Crippen molar-refractivity contribution in [3.63, 3.8) is 0 Å². The average Bonchev–Trinajstić information content (AvgIpc) is 3.26. The van der Waals surface area contributed by atoms with Gasteiger partial charge in [0.2, 0.25) is 0 Å². The average molecular weight is 431 g/mol. The third-order valence-corrected chi connectivity index (χ3v) is 4.86. The summed E-state index contributed by atoms with van der Waals surface area (Å²) in [5.74, 6) is -1.62. The molecule has 0 aliphatic heterocycles. The van der Waals surface area contributed by atoms with Gasteiger partial charge in [-0.2, -0.15) is 5.10 Å². The van der Waals surface area contributed by atoms with E-state index in [1.165, 1.54) is 12.1 Å². The van der Waals surface area contributed by atoms with Gasteiger partial charge in [-0.1, -0.05) is 11.6 Å². The number of ether oxygens (including phenoxy) is 1. The number of halogens is 3. The van der Waals surface area contributed by atoms with Crippen LogP contribution in [0.25, 0.3) is 22.3 Å². The van der Waals surface area contributed by atoms with Crippen molar-refractivity contribution in [1.82, 2.24) is 9.78 Å². The predicted octanol–water partition coefficient (Wildman–Crippen LogP) is 5.76. The van der Waals surface area contributed by atoms with Crippen LogP contribution in [0.1, 0.15) is 28.7 Å². The van der Waals surface area contributed by atoms with Crippen LogP contribution in [0.2, 0.25) is 5.02 Å². The molecule has 0 spiro atoms. The van der Waals surface area contributed by atoms with Gasteiger partial charge in [0.05, 0.1) is 18.7 Å². The number of aromatic nitrogens is 2. The molecule has 0 amide bonds. The van der Waals surface area contributed by atoms with E-state index in [9.17, 15) is 13.6 Å². The number of hydrogen-bond acceptors (Lipinski definition) is 4. The molecule has 30 heavy (non-hydrogen) atoms. The number of benzene rings is 2. The minimum Gasteiger partial charge on any atom is -0.461 e. The smallest absolute Gasteiger partial charge is 0.358 e. The lowest BCUT2D eigenvalue weighted by molar-refractivity contribution is 0.0518. The molecule has 8 heteroatoms. The molecule has 0 saturated heterocycles. The highest BCUT2D eigenvalue weighted by atomic mass is 35.5. The van der Waals surface area contributed by atoms with Crippen molar-refractivity contribution in [3.8, 4) is 11.3 Å². The zero-order valence-electron chi connectivity index (χ0n) is 16.2. The molecule has 0 unspecified atom stereocenters. The standard InChI is InChI=1S/C22H17ClF2N2O3/c1-3-29-22(28)19-6-12(2)27(26-19)11-14-8-15(23)7-13-9-20(30-21(13)14)17-5-4-16(24)10-18(17)25/h4-10H,3,11H2,1-2H3. The Balaban J connectivity index is 1.75. The number of hydrogen-bond donors (Lipinski definition) is 0. The van der Waals surface area contributed by atoms with Gasteiger partial charge in [0.1, 0.15) is 23.0 Å². The third-order valence-electron chi connectivity index (χ3n) is 4.64. The Hall–Kier alpha value is -3.19. The van der Waals surface area contributed by atoms with Crippen LogP contribution in [-0.4, -0.2) is 22.4 Å². The first-order valence-electron chi connectivity index (χ1n) is 9.24. The molecule has 2 aromatic carbocycles. The molecule has 0 atom stereocenters. The molecule has 5 nitrogen and oxygen atoms in total. The highest BCUT2D eigenvalue weighted by Gasteiger charge is 2.18. The fourth-order valence-electron chi connectivity index (χ4n) is 3.26. The Labute approximate surface area is 175 Å². The summed E-state index contributed by atoms with van der Waals surface area (Å²) in [7, 11) is 0. The Morgan fingerprint density at radius 2 is 2.00 bits per heavy atom. The van der Waals surface area contributed by atoms with Crippen molar-refractivity contribution >= 4 is 28.5 Å². The zero-order chi connectivity index (χ0) is 21.4. The monoisotopic (exact) mass is 430 g/mol. The molecule has 0 bridgehead atoms. The van der Waals surface area contributed by atoms with Crippen molar-refractivity contribution in [1.29, 1.82) is 0 Å². The van der Waals surface area contributed by atoms with Gasteiger partial charge in [0, 0.05) is 27.7 Å². The van der Waals surface area contributed by atoms with Crippen LogP contribution in [0.4, 0.5) is 8.78 Å². The summed E-state index contributed by atoms with van der Waals surface area (Å²) in [4.78, 5) is 11.9. The Bertz CT molecular complexity index is 1260. The molecule has 2 heterocycles. The van der Waals surface area contributed by atoms with Gasteiger partial charge in [-0.05, 0) is 50.2 Å². The van der Waals surface area contributed by atoms with Crippen molar-refractivity contribution in [2.45, 2.75) is 20.4 Å². The number of carbonyl (C=O) groups is 1. The van der Waals surface area contributed by atoms with Gasteiger partial charge in [-0.25, -0.2) is 13.6 Å². The maximum absolute atomic E-state index is 14.2. The molecular weight excluding hydrogens is 414 g/mol. The Morgan fingerprint density at radius 1 is 1.20 bits per heavy atom. The van der Waals surface area contributed by atoms with Crippen LogP contribution in [-0.2, 0) is 11.3 Å². The van der Waals surface area contributed by atoms with E-state index >= 15 is 0 Å². The number of nitrogens with zero attached hydrogens (tertiary/aromatic N) is 2. The first kappa shape index (κ1) is 20.1. The van der Waals surface area contributed by atoms with E-state index in [1.807, 2.05) is 6.92 Å². The Kier molecular flexibility index (Phi) is 5.30. The van der Waals surface area contributed by atoms with Gasteiger partial charge in [0.25, 0.3) is 0 Å². The van der Waals surface area contributed by atoms with Crippen LogP contribution < -0.4 is 0 Å². The van der Waals surface area contributed by atoms with Crippen molar-refractivity contribution < 1.29 is 22.7 Å². The lowest BCUT2D eigenvalue weighted by Crippen LogP contribution is -2.08. The maximum atomic E-state index is 14.2. The minimum atomic E-state index is -0.719. The molecule has 0 aliphatic carbocycles. The molecular formula is C22H17ClF2N2O3. The topological polar surface area (TPSA) is 57.3 Å². The lowest BCUT2D eigenvalue weighted by Gasteiger charge is -2.06. The number of furan rings is 1. The quantitative estimate of drug-likeness (QED) is 0.378. The molecule has 2 aromatic heterocycles. The molecule has 0 saturated carbocycles. The highest BCUT2D eigenvalue weighted by molar-refractivity contribution is 6.31. The summed E-state index contributed by atoms with van der Waals surface area (Å²) in [6.07, 6.45) is 0. The summed E-state index contributed by atoms with van der Waals surface area (Å²) in [5.41, 5.74) is 2.32. The first-order valence-corrected chi connectivity index (χ1v) is 9.62. The molecule has 0 aliphatic rings. The fraction of sp³-hybridized carbons (Fsp3) is 0.182. The van der Waals surface area contributed by atoms with Gasteiger partial charge < -0.3 is 9.15 Å². The number of fused-ring (bicyclic) bond motifs is 1. The molecule has 154 valence electrons. The molecule has 4 rings (SSSR count). The van der Waals surface area contributed by atoms with Crippen LogP contribution in [0.3, 0.4) is 0 Å². The summed E-state index contributed by atoms with van der Waals surface area (Å²) < 4.78 is 40.0. The molecule has 0 N–H and O–H groups in total. The van der Waals surface area contributed by atoms with E-state index in [2.05, 4.69) is 5.10 Å². The summed E-state index contributed by atoms with van der Waals surface area (Å²) in [6, 6.07) is 10.0. The second-order valence-corrected chi connectivity index (χ2v) is 7.20. The lowest BCUT2D eigenvalue weighted by atomic mass is 10.1. The van der Waals surface area contributed by atoms with Crippen molar-refractivity contribution in [3.05, 3.63) is 76.1 Å². The number of esters is 1. The minimum absolute atomic E-state index is 0.148. The number of aryl methyl sites for hydroxylation is 1. The molecule has 0 fully saturated rings. The molecule has 0 radical (unpaired) electrons. The van der Waals surface area contributed by atoms with Gasteiger partial charge in [-0.3, -0.25) is 4.68 Å². The maximum Gasteiger partial charge on any atom is 0.358 e. The summed E-state index contributed by atoms with van der Waals surface area (Å²) >= 11 is 6.26. The normalized spacial score (nSPS) is 11.2. The van der Waals surface area contributed by atoms with Crippen LogP contribution in [0.5, 0.6) is 0 Å². The van der Waals surface area contributed by atoms with E-state index in [-0.39, 0.29) is 30.2 Å². The Morgan fingerprint density at radius 3 is 2.73 bits per heavy atom. The van der Waals surface area contributed by atoms with Crippen LogP contribution >= 0.6 is 11.6 Å². The highest BCUT2D eigenvalue weighted by Crippen LogP contribution is 2.34. The van der Waals surface area contributed by atoms with E-state index in [0.717, 1.165) is 11.8 Å². The van der Waals surface area contributed by atoms with E-state index in [1.54, 1.807) is 35.9 Å². The zero-order valence-corrected chi connectivity index (χ0v) is 17.0. The number of carbonyl (C=O) groups excluding carboxylic acids is 1. The molecule has 4 aromatic rings. The van der Waals surface area contributed by atoms with Gasteiger partial charge in [-0.15, -0.1) is 0 Å². The summed E-state index contributed by atoms with van der Waals surface area (Å²) in [6.45, 7) is 4.08. The van der Waals surface area contributed by atoms with Crippen molar-refractivity contribution in [2.75, 3.05) is 6.61 Å². The van der Waals surface area contributed by atoms with E-state index in [4.69, 9.17) is 20.8 Å². The van der Waals surface area contributed by atoms with E-state index in [0.29, 0.717) is 21.6 Å². The second-order valence-electron chi connectivity index (χ2n) is 6.77. The van der Waals surface area contributed by atoms with Gasteiger partial charge in [0.15, 0.2) is 5.69 Å². The SMILES string of the molecule is CCOC(=O)c1cc(C)n(Cc2cc(Cl)cc3cc(-c4ccc(F)cc4F)oc23)n1. The van der Waals surface area contributed by atoms with Crippen LogP contribution in [0, 0.1) is 18.6 Å². The fourth-order valence-corrected chi connectivity index (χ4v) is 3.51. The van der Waals surface area contributed by atoms with Crippen LogP contribution in [0.15, 0.2) is 46.9 Å². The second kappa shape index (κ2) is 7.91.